The molecule has 1 N–H and O–H groups in total. The molecular weight excluding hydrogens is 270 g/mol. The van der Waals surface area contributed by atoms with E-state index in [4.69, 9.17) is 9.47 Å². The Bertz CT molecular complexity index is 481. The van der Waals surface area contributed by atoms with E-state index < -0.39 is 5.60 Å². The molecule has 1 fully saturated rings. The quantitative estimate of drug-likeness (QED) is 0.843. The van der Waals surface area contributed by atoms with Crippen molar-refractivity contribution in [3.05, 3.63) is 24.0 Å². The number of hydrogen-bond acceptors (Lipinski definition) is 5. The maximum Gasteiger partial charge on any atom is 0.308 e. The Hall–Kier alpha value is -1.62. The molecule has 0 aromatic carbocycles. The van der Waals surface area contributed by atoms with Gasteiger partial charge in [0.2, 0.25) is 0 Å². The molecule has 0 saturated heterocycles. The van der Waals surface area contributed by atoms with Gasteiger partial charge in [-0.05, 0) is 51.7 Å². The van der Waals surface area contributed by atoms with E-state index >= 15 is 0 Å². The molecule has 2 rings (SSSR count). The maximum absolute atomic E-state index is 11.7. The van der Waals surface area contributed by atoms with Crippen molar-refractivity contribution < 1.29 is 19.4 Å². The van der Waals surface area contributed by atoms with Crippen LogP contribution in [0.1, 0.15) is 38.3 Å². The Balaban J connectivity index is 1.85. The molecule has 0 spiro atoms. The number of aromatic nitrogens is 1. The van der Waals surface area contributed by atoms with Crippen LogP contribution in [0, 0.1) is 12.8 Å². The molecule has 1 aromatic heterocycles. The molecule has 0 bridgehead atoms. The number of ether oxygens (including phenoxy) is 2. The van der Waals surface area contributed by atoms with Crippen molar-refractivity contribution in [3.63, 3.8) is 0 Å². The average molecular weight is 293 g/mol. The second kappa shape index (κ2) is 6.89. The summed E-state index contributed by atoms with van der Waals surface area (Å²) in [6.07, 6.45) is 4.10. The molecule has 5 nitrogen and oxygen atoms in total. The standard InChI is InChI=1S/C16H23NO4/c1-3-20-15(18)13-6-8-16(19,9-7-13)11-21-14-5-4-10-17-12(14)2/h4-5,10,13,19H,3,6-9,11H2,1-2H3. The zero-order valence-corrected chi connectivity index (χ0v) is 12.7. The molecule has 0 unspecified atom stereocenters. The lowest BCUT2D eigenvalue weighted by molar-refractivity contribution is -0.151. The van der Waals surface area contributed by atoms with Gasteiger partial charge in [-0.2, -0.15) is 0 Å². The van der Waals surface area contributed by atoms with Crippen molar-refractivity contribution >= 4 is 5.97 Å². The van der Waals surface area contributed by atoms with Crippen LogP contribution in [0.4, 0.5) is 0 Å². The van der Waals surface area contributed by atoms with E-state index in [9.17, 15) is 9.90 Å². The molecule has 1 aliphatic carbocycles. The molecule has 0 atom stereocenters. The van der Waals surface area contributed by atoms with Crippen LogP contribution in [0.5, 0.6) is 5.75 Å². The van der Waals surface area contributed by atoms with Gasteiger partial charge in [0.1, 0.15) is 12.4 Å². The third kappa shape index (κ3) is 4.17. The van der Waals surface area contributed by atoms with E-state index in [-0.39, 0.29) is 18.5 Å². The number of hydrogen-bond donors (Lipinski definition) is 1. The first-order valence-corrected chi connectivity index (χ1v) is 7.47. The number of rotatable bonds is 5. The molecule has 21 heavy (non-hydrogen) atoms. The summed E-state index contributed by atoms with van der Waals surface area (Å²) in [5.41, 5.74) is -0.0630. The number of pyridine rings is 1. The van der Waals surface area contributed by atoms with Gasteiger partial charge in [-0.1, -0.05) is 0 Å². The number of carbonyl (C=O) groups excluding carboxylic acids is 1. The number of nitrogens with zero attached hydrogens (tertiary/aromatic N) is 1. The Kier molecular flexibility index (Phi) is 5.17. The highest BCUT2D eigenvalue weighted by molar-refractivity contribution is 5.72. The second-order valence-corrected chi connectivity index (χ2v) is 5.63. The largest absolute Gasteiger partial charge is 0.489 e. The first-order chi connectivity index (χ1) is 10.0. The Morgan fingerprint density at radius 2 is 2.19 bits per heavy atom. The SMILES string of the molecule is CCOC(=O)C1CCC(O)(COc2cccnc2C)CC1. The van der Waals surface area contributed by atoms with Crippen LogP contribution < -0.4 is 4.74 Å². The fraction of sp³-hybridized carbons (Fsp3) is 0.625. The van der Waals surface area contributed by atoms with E-state index in [0.717, 1.165) is 5.69 Å². The predicted molar refractivity (Wildman–Crippen MR) is 78.0 cm³/mol. The molecule has 0 radical (unpaired) electrons. The molecular formula is C16H23NO4. The highest BCUT2D eigenvalue weighted by Crippen LogP contribution is 2.33. The lowest BCUT2D eigenvalue weighted by Gasteiger charge is -2.34. The van der Waals surface area contributed by atoms with Crippen LogP contribution in [0.15, 0.2) is 18.3 Å². The van der Waals surface area contributed by atoms with Crippen molar-refractivity contribution in [1.82, 2.24) is 4.98 Å². The normalized spacial score (nSPS) is 25.4. The summed E-state index contributed by atoms with van der Waals surface area (Å²) in [7, 11) is 0. The van der Waals surface area contributed by atoms with E-state index in [1.54, 1.807) is 13.1 Å². The fourth-order valence-corrected chi connectivity index (χ4v) is 2.63. The van der Waals surface area contributed by atoms with Crippen LogP contribution in [-0.4, -0.2) is 34.9 Å². The van der Waals surface area contributed by atoms with Gasteiger partial charge in [0, 0.05) is 6.20 Å². The molecule has 1 saturated carbocycles. The van der Waals surface area contributed by atoms with E-state index in [0.29, 0.717) is 38.0 Å². The highest BCUT2D eigenvalue weighted by atomic mass is 16.5. The van der Waals surface area contributed by atoms with Gasteiger partial charge in [0.25, 0.3) is 0 Å². The van der Waals surface area contributed by atoms with Gasteiger partial charge in [-0.15, -0.1) is 0 Å². The van der Waals surface area contributed by atoms with Crippen molar-refractivity contribution in [1.29, 1.82) is 0 Å². The summed E-state index contributed by atoms with van der Waals surface area (Å²) in [5, 5.41) is 10.6. The highest BCUT2D eigenvalue weighted by Gasteiger charge is 2.37. The van der Waals surface area contributed by atoms with Crippen LogP contribution in [0.25, 0.3) is 0 Å². The molecule has 1 aromatic rings. The summed E-state index contributed by atoms with van der Waals surface area (Å²) in [6.45, 7) is 4.32. The number of aliphatic hydroxyl groups is 1. The minimum atomic E-state index is -0.870. The predicted octanol–water partition coefficient (Wildman–Crippen LogP) is 2.25. The van der Waals surface area contributed by atoms with Gasteiger partial charge < -0.3 is 14.6 Å². The summed E-state index contributed by atoms with van der Waals surface area (Å²) >= 11 is 0. The maximum atomic E-state index is 11.7. The third-order valence-corrected chi connectivity index (χ3v) is 3.99. The first kappa shape index (κ1) is 15.8. The Morgan fingerprint density at radius 3 is 2.81 bits per heavy atom. The van der Waals surface area contributed by atoms with Crippen LogP contribution in [-0.2, 0) is 9.53 Å². The fourth-order valence-electron chi connectivity index (χ4n) is 2.63. The van der Waals surface area contributed by atoms with Crippen LogP contribution in [0.3, 0.4) is 0 Å². The van der Waals surface area contributed by atoms with Crippen molar-refractivity contribution in [2.75, 3.05) is 13.2 Å². The summed E-state index contributed by atoms with van der Waals surface area (Å²) in [4.78, 5) is 15.8. The van der Waals surface area contributed by atoms with Gasteiger partial charge in [-0.25, -0.2) is 0 Å². The molecule has 1 heterocycles. The van der Waals surface area contributed by atoms with Gasteiger partial charge in [0.15, 0.2) is 0 Å². The van der Waals surface area contributed by atoms with Crippen LogP contribution >= 0.6 is 0 Å². The molecule has 1 aliphatic rings. The van der Waals surface area contributed by atoms with Crippen molar-refractivity contribution in [2.24, 2.45) is 5.92 Å². The van der Waals surface area contributed by atoms with Crippen molar-refractivity contribution in [2.45, 2.75) is 45.1 Å². The van der Waals surface area contributed by atoms with Crippen molar-refractivity contribution in [3.8, 4) is 5.75 Å². The molecule has 0 amide bonds. The minimum Gasteiger partial charge on any atom is -0.489 e. The zero-order valence-electron chi connectivity index (χ0n) is 12.7. The number of aryl methyl sites for hydroxylation is 1. The Morgan fingerprint density at radius 1 is 1.48 bits per heavy atom. The lowest BCUT2D eigenvalue weighted by atomic mass is 9.79. The van der Waals surface area contributed by atoms with Crippen LogP contribution in [0.2, 0.25) is 0 Å². The van der Waals surface area contributed by atoms with Gasteiger partial charge in [0.05, 0.1) is 23.8 Å². The smallest absolute Gasteiger partial charge is 0.308 e. The van der Waals surface area contributed by atoms with Gasteiger partial charge >= 0.3 is 5.97 Å². The second-order valence-electron chi connectivity index (χ2n) is 5.63. The summed E-state index contributed by atoms with van der Waals surface area (Å²) in [5.74, 6) is 0.451. The molecule has 5 heteroatoms. The monoisotopic (exact) mass is 293 g/mol. The summed E-state index contributed by atoms with van der Waals surface area (Å²) < 4.78 is 10.7. The Labute approximate surface area is 125 Å². The van der Waals surface area contributed by atoms with E-state index in [1.165, 1.54) is 0 Å². The average Bonchev–Trinajstić information content (AvgIpc) is 2.47. The third-order valence-electron chi connectivity index (χ3n) is 3.99. The number of carbonyl (C=O) groups is 1. The summed E-state index contributed by atoms with van der Waals surface area (Å²) in [6, 6.07) is 3.65. The minimum absolute atomic E-state index is 0.0923. The lowest BCUT2D eigenvalue weighted by Crippen LogP contribution is -2.41. The zero-order chi connectivity index (χ0) is 15.3. The van der Waals surface area contributed by atoms with Gasteiger partial charge in [-0.3, -0.25) is 9.78 Å². The van der Waals surface area contributed by atoms with E-state index in [2.05, 4.69) is 4.98 Å². The van der Waals surface area contributed by atoms with E-state index in [1.807, 2.05) is 19.1 Å². The number of esters is 1. The molecule has 116 valence electrons. The molecule has 0 aliphatic heterocycles. The first-order valence-electron chi connectivity index (χ1n) is 7.47. The topological polar surface area (TPSA) is 68.7 Å².